The molecule has 1 amide bonds. The first-order chi connectivity index (χ1) is 17.9. The lowest BCUT2D eigenvalue weighted by molar-refractivity contribution is -0.101. The Morgan fingerprint density at radius 3 is 2.00 bits per heavy atom. The number of nitrogens with zero attached hydrogens (tertiary/aromatic N) is 1. The van der Waals surface area contributed by atoms with E-state index in [1.54, 1.807) is 32.6 Å². The Bertz CT molecular complexity index is 1210. The minimum atomic E-state index is -0.987. The third-order valence-corrected chi connectivity index (χ3v) is 6.93. The second-order valence-electron chi connectivity index (χ2n) is 11.6. The lowest BCUT2D eigenvalue weighted by Crippen LogP contribution is -2.51. The van der Waals surface area contributed by atoms with E-state index < -0.39 is 16.8 Å². The number of benzene rings is 3. The van der Waals surface area contributed by atoms with Crippen molar-refractivity contribution in [1.29, 1.82) is 0 Å². The number of amides is 1. The van der Waals surface area contributed by atoms with Crippen molar-refractivity contribution in [3.05, 3.63) is 90.0 Å². The summed E-state index contributed by atoms with van der Waals surface area (Å²) < 4.78 is 11.8. The fourth-order valence-electron chi connectivity index (χ4n) is 5.03. The molecule has 0 bridgehead atoms. The number of hydrogen-bond donors (Lipinski definition) is 2. The molecule has 1 saturated heterocycles. The largest absolute Gasteiger partial charge is 0.491 e. The quantitative estimate of drug-likeness (QED) is 0.340. The van der Waals surface area contributed by atoms with Crippen LogP contribution in [0.5, 0.6) is 5.75 Å². The molecule has 1 fully saturated rings. The summed E-state index contributed by atoms with van der Waals surface area (Å²) >= 11 is 0. The molecular formula is C32H39NO5. The summed E-state index contributed by atoms with van der Waals surface area (Å²) in [6.45, 7) is 9.68. The standard InChI is InChI=1S/C32H39NO5/c1-23(24-11-13-25(14-12-24)26-15-17-28(18-16-26)37-22-31(4,5)36)33-20-19-32(38-29(33)34,21-30(2,3)35)27-9-7-6-8-10-27/h6-18,23,35-36H,19-22H2,1-5H3/t23-,32?/m0/s1. The highest BCUT2D eigenvalue weighted by molar-refractivity contribution is 5.70. The molecule has 6 nitrogen and oxygen atoms in total. The number of ether oxygens (including phenoxy) is 2. The molecule has 1 unspecified atom stereocenters. The Morgan fingerprint density at radius 2 is 1.47 bits per heavy atom. The zero-order valence-electron chi connectivity index (χ0n) is 23.0. The van der Waals surface area contributed by atoms with Gasteiger partial charge in [0.2, 0.25) is 0 Å². The highest BCUT2D eigenvalue weighted by Gasteiger charge is 2.46. The Balaban J connectivity index is 1.45. The Labute approximate surface area is 225 Å². The van der Waals surface area contributed by atoms with Gasteiger partial charge in [-0.05, 0) is 69.0 Å². The Hall–Kier alpha value is -3.35. The van der Waals surface area contributed by atoms with Gasteiger partial charge in [-0.15, -0.1) is 0 Å². The molecule has 3 aromatic carbocycles. The number of hydrogen-bond acceptors (Lipinski definition) is 5. The number of carbonyl (C=O) groups is 1. The van der Waals surface area contributed by atoms with Crippen LogP contribution in [0.15, 0.2) is 78.9 Å². The zero-order valence-corrected chi connectivity index (χ0v) is 23.0. The van der Waals surface area contributed by atoms with E-state index in [0.717, 1.165) is 22.3 Å². The van der Waals surface area contributed by atoms with Gasteiger partial charge in [-0.25, -0.2) is 4.79 Å². The third kappa shape index (κ3) is 6.74. The average Bonchev–Trinajstić information content (AvgIpc) is 2.87. The first-order valence-electron chi connectivity index (χ1n) is 13.2. The Morgan fingerprint density at radius 1 is 0.895 bits per heavy atom. The molecular weight excluding hydrogens is 478 g/mol. The molecule has 0 aliphatic carbocycles. The van der Waals surface area contributed by atoms with Crippen LogP contribution in [0.4, 0.5) is 4.79 Å². The van der Waals surface area contributed by atoms with Gasteiger partial charge in [0.15, 0.2) is 0 Å². The van der Waals surface area contributed by atoms with E-state index in [9.17, 15) is 15.0 Å². The SMILES string of the molecule is C[C@@H](c1ccc(-c2ccc(OCC(C)(C)O)cc2)cc1)N1CCC(CC(C)(C)O)(c2ccccc2)OC1=O. The molecule has 0 aromatic heterocycles. The summed E-state index contributed by atoms with van der Waals surface area (Å²) in [4.78, 5) is 15.1. The minimum Gasteiger partial charge on any atom is -0.491 e. The van der Waals surface area contributed by atoms with Gasteiger partial charge in [-0.3, -0.25) is 0 Å². The number of rotatable bonds is 9. The number of aliphatic hydroxyl groups is 2. The molecule has 6 heteroatoms. The van der Waals surface area contributed by atoms with E-state index in [1.165, 1.54) is 0 Å². The third-order valence-electron chi connectivity index (χ3n) is 6.93. The number of cyclic esters (lactones) is 1. The second kappa shape index (κ2) is 10.8. The minimum absolute atomic E-state index is 0.162. The van der Waals surface area contributed by atoms with Crippen LogP contribution in [-0.4, -0.2) is 45.6 Å². The van der Waals surface area contributed by atoms with Gasteiger partial charge in [-0.2, -0.15) is 0 Å². The summed E-state index contributed by atoms with van der Waals surface area (Å²) in [6.07, 6.45) is 0.549. The first kappa shape index (κ1) is 27.7. The van der Waals surface area contributed by atoms with Crippen molar-refractivity contribution < 1.29 is 24.5 Å². The van der Waals surface area contributed by atoms with E-state index in [2.05, 4.69) is 12.1 Å². The van der Waals surface area contributed by atoms with Crippen LogP contribution in [0.2, 0.25) is 0 Å². The van der Waals surface area contributed by atoms with Crippen LogP contribution in [0.3, 0.4) is 0 Å². The van der Waals surface area contributed by atoms with Crippen molar-refractivity contribution in [2.24, 2.45) is 0 Å². The maximum Gasteiger partial charge on any atom is 0.411 e. The molecule has 0 spiro atoms. The topological polar surface area (TPSA) is 79.2 Å². The van der Waals surface area contributed by atoms with E-state index in [0.29, 0.717) is 25.1 Å². The van der Waals surface area contributed by atoms with Crippen molar-refractivity contribution in [3.8, 4) is 16.9 Å². The van der Waals surface area contributed by atoms with Gasteiger partial charge in [-0.1, -0.05) is 66.7 Å². The predicted octanol–water partition coefficient (Wildman–Crippen LogP) is 6.46. The van der Waals surface area contributed by atoms with Crippen molar-refractivity contribution in [3.63, 3.8) is 0 Å². The van der Waals surface area contributed by atoms with E-state index in [-0.39, 0.29) is 18.7 Å². The van der Waals surface area contributed by atoms with Crippen molar-refractivity contribution in [2.75, 3.05) is 13.2 Å². The summed E-state index contributed by atoms with van der Waals surface area (Å²) in [5, 5.41) is 20.5. The van der Waals surface area contributed by atoms with Crippen LogP contribution < -0.4 is 4.74 Å². The molecule has 1 aliphatic heterocycles. The molecule has 1 aliphatic rings. The average molecular weight is 518 g/mol. The van der Waals surface area contributed by atoms with E-state index in [4.69, 9.17) is 9.47 Å². The van der Waals surface area contributed by atoms with Crippen LogP contribution in [0.25, 0.3) is 11.1 Å². The molecule has 2 N–H and O–H groups in total. The monoisotopic (exact) mass is 517 g/mol. The highest BCUT2D eigenvalue weighted by atomic mass is 16.6. The predicted molar refractivity (Wildman–Crippen MR) is 149 cm³/mol. The van der Waals surface area contributed by atoms with Gasteiger partial charge in [0.05, 0.1) is 17.2 Å². The van der Waals surface area contributed by atoms with Crippen molar-refractivity contribution in [2.45, 2.75) is 70.3 Å². The molecule has 4 rings (SSSR count). The van der Waals surface area contributed by atoms with E-state index in [1.807, 2.05) is 73.7 Å². The van der Waals surface area contributed by atoms with E-state index >= 15 is 0 Å². The fraction of sp³-hybridized carbons (Fsp3) is 0.406. The molecule has 38 heavy (non-hydrogen) atoms. The maximum absolute atomic E-state index is 13.3. The molecule has 202 valence electrons. The molecule has 3 aromatic rings. The van der Waals surface area contributed by atoms with Crippen molar-refractivity contribution in [1.82, 2.24) is 4.90 Å². The normalized spacial score (nSPS) is 19.1. The fourth-order valence-corrected chi connectivity index (χ4v) is 5.03. The van der Waals surface area contributed by atoms with Crippen LogP contribution in [0.1, 0.15) is 64.6 Å². The summed E-state index contributed by atoms with van der Waals surface area (Å²) in [5.74, 6) is 0.709. The first-order valence-corrected chi connectivity index (χ1v) is 13.2. The second-order valence-corrected chi connectivity index (χ2v) is 11.6. The summed E-state index contributed by atoms with van der Waals surface area (Å²) in [6, 6.07) is 25.5. The highest BCUT2D eigenvalue weighted by Crippen LogP contribution is 2.42. The number of carbonyl (C=O) groups excluding carboxylic acids is 1. The van der Waals surface area contributed by atoms with Crippen LogP contribution in [0, 0.1) is 0 Å². The van der Waals surface area contributed by atoms with Gasteiger partial charge >= 0.3 is 6.09 Å². The zero-order chi connectivity index (χ0) is 27.6. The lowest BCUT2D eigenvalue weighted by atomic mass is 9.80. The molecule has 0 saturated carbocycles. The molecule has 2 atom stereocenters. The molecule has 0 radical (unpaired) electrons. The van der Waals surface area contributed by atoms with Gasteiger partial charge in [0, 0.05) is 19.4 Å². The van der Waals surface area contributed by atoms with Gasteiger partial charge in [0.1, 0.15) is 18.0 Å². The summed E-state index contributed by atoms with van der Waals surface area (Å²) in [5.41, 5.74) is 1.30. The van der Waals surface area contributed by atoms with Gasteiger partial charge in [0.25, 0.3) is 0 Å². The lowest BCUT2D eigenvalue weighted by Gasteiger charge is -2.45. The van der Waals surface area contributed by atoms with Crippen LogP contribution in [-0.2, 0) is 10.3 Å². The summed E-state index contributed by atoms with van der Waals surface area (Å²) in [7, 11) is 0. The Kier molecular flexibility index (Phi) is 7.86. The maximum atomic E-state index is 13.3. The van der Waals surface area contributed by atoms with Crippen LogP contribution >= 0.6 is 0 Å². The van der Waals surface area contributed by atoms with Crippen molar-refractivity contribution >= 4 is 6.09 Å². The van der Waals surface area contributed by atoms with Gasteiger partial charge < -0.3 is 24.6 Å². The molecule has 1 heterocycles. The smallest absolute Gasteiger partial charge is 0.411 e.